The highest BCUT2D eigenvalue weighted by atomic mass is 35.5. The number of hydrogen-bond donors (Lipinski definition) is 3. The molecular formula is C17H20ClNO2. The Hall–Kier alpha value is -1.55. The first-order valence-electron chi connectivity index (χ1n) is 7.06. The Kier molecular flexibility index (Phi) is 5.62. The van der Waals surface area contributed by atoms with Crippen LogP contribution in [0.25, 0.3) is 0 Å². The van der Waals surface area contributed by atoms with Crippen molar-refractivity contribution in [1.29, 1.82) is 0 Å². The van der Waals surface area contributed by atoms with Crippen molar-refractivity contribution in [3.63, 3.8) is 0 Å². The lowest BCUT2D eigenvalue weighted by atomic mass is 10.00. The standard InChI is InChI=1S/C17H20ClNO2/c1-2-15(14-5-3-4-6-17(14)21)19-16(11-20)12-7-9-13(18)10-8-12/h3-10,15-16,19-21H,2,11H2,1H3/t15-,16+/m1/s1. The van der Waals surface area contributed by atoms with Gasteiger partial charge in [0, 0.05) is 16.6 Å². The maximum atomic E-state index is 9.98. The van der Waals surface area contributed by atoms with Crippen LogP contribution in [0, 0.1) is 0 Å². The van der Waals surface area contributed by atoms with E-state index < -0.39 is 0 Å². The van der Waals surface area contributed by atoms with E-state index in [1.165, 1.54) is 0 Å². The van der Waals surface area contributed by atoms with Gasteiger partial charge in [0.05, 0.1) is 12.6 Å². The maximum absolute atomic E-state index is 9.98. The zero-order valence-electron chi connectivity index (χ0n) is 12.0. The Labute approximate surface area is 130 Å². The van der Waals surface area contributed by atoms with E-state index in [4.69, 9.17) is 11.6 Å². The van der Waals surface area contributed by atoms with E-state index in [9.17, 15) is 10.2 Å². The lowest BCUT2D eigenvalue weighted by Crippen LogP contribution is -2.28. The van der Waals surface area contributed by atoms with E-state index in [1.807, 2.05) is 43.3 Å². The van der Waals surface area contributed by atoms with E-state index in [-0.39, 0.29) is 24.4 Å². The number of benzene rings is 2. The molecule has 0 aliphatic heterocycles. The van der Waals surface area contributed by atoms with Crippen molar-refractivity contribution in [3.05, 3.63) is 64.7 Å². The first kappa shape index (κ1) is 15.8. The average molecular weight is 306 g/mol. The van der Waals surface area contributed by atoms with E-state index in [2.05, 4.69) is 5.32 Å². The molecule has 0 heterocycles. The number of hydrogen-bond acceptors (Lipinski definition) is 3. The van der Waals surface area contributed by atoms with Gasteiger partial charge in [-0.05, 0) is 30.2 Å². The summed E-state index contributed by atoms with van der Waals surface area (Å²) in [6, 6.07) is 14.4. The highest BCUT2D eigenvalue weighted by molar-refractivity contribution is 6.30. The van der Waals surface area contributed by atoms with E-state index >= 15 is 0 Å². The number of rotatable bonds is 6. The molecule has 0 amide bonds. The number of aromatic hydroxyl groups is 1. The fraction of sp³-hybridized carbons (Fsp3) is 0.294. The van der Waals surface area contributed by atoms with Crippen LogP contribution >= 0.6 is 11.6 Å². The summed E-state index contributed by atoms with van der Waals surface area (Å²) >= 11 is 5.89. The molecule has 0 spiro atoms. The monoisotopic (exact) mass is 305 g/mol. The number of phenolic OH excluding ortho intramolecular Hbond substituents is 1. The Morgan fingerprint density at radius 2 is 1.71 bits per heavy atom. The summed E-state index contributed by atoms with van der Waals surface area (Å²) in [5.41, 5.74) is 1.81. The molecule has 3 nitrogen and oxygen atoms in total. The Morgan fingerprint density at radius 3 is 2.29 bits per heavy atom. The first-order valence-corrected chi connectivity index (χ1v) is 7.43. The molecule has 0 bridgehead atoms. The number of aliphatic hydroxyl groups is 1. The largest absolute Gasteiger partial charge is 0.508 e. The molecule has 0 aliphatic carbocycles. The average Bonchev–Trinajstić information content (AvgIpc) is 2.51. The van der Waals surface area contributed by atoms with Crippen LogP contribution in [0.4, 0.5) is 0 Å². The van der Waals surface area contributed by atoms with Gasteiger partial charge in [0.2, 0.25) is 0 Å². The quantitative estimate of drug-likeness (QED) is 0.760. The molecule has 0 aromatic heterocycles. The molecule has 2 aromatic rings. The Bertz CT molecular complexity index is 571. The number of nitrogens with one attached hydrogen (secondary N) is 1. The molecule has 4 heteroatoms. The second kappa shape index (κ2) is 7.46. The van der Waals surface area contributed by atoms with Gasteiger partial charge >= 0.3 is 0 Å². The van der Waals surface area contributed by atoms with Crippen LogP contribution in [0.15, 0.2) is 48.5 Å². The summed E-state index contributed by atoms with van der Waals surface area (Å²) < 4.78 is 0. The van der Waals surface area contributed by atoms with Crippen molar-refractivity contribution in [1.82, 2.24) is 5.32 Å². The van der Waals surface area contributed by atoms with Gasteiger partial charge in [-0.3, -0.25) is 0 Å². The normalized spacial score (nSPS) is 13.9. The second-order valence-corrected chi connectivity index (χ2v) is 5.41. The van der Waals surface area contributed by atoms with Crippen LogP contribution < -0.4 is 5.32 Å². The van der Waals surface area contributed by atoms with Crippen LogP contribution in [0.2, 0.25) is 5.02 Å². The minimum atomic E-state index is -0.202. The molecule has 112 valence electrons. The van der Waals surface area contributed by atoms with E-state index in [1.54, 1.807) is 12.1 Å². The van der Waals surface area contributed by atoms with E-state index in [0.29, 0.717) is 5.02 Å². The molecule has 2 rings (SSSR count). The molecule has 0 aliphatic rings. The minimum Gasteiger partial charge on any atom is -0.508 e. The first-order chi connectivity index (χ1) is 10.2. The Morgan fingerprint density at radius 1 is 1.05 bits per heavy atom. The van der Waals surface area contributed by atoms with Gasteiger partial charge in [-0.25, -0.2) is 0 Å². The molecule has 2 aromatic carbocycles. The number of aliphatic hydroxyl groups excluding tert-OH is 1. The summed E-state index contributed by atoms with van der Waals surface area (Å²) in [5.74, 6) is 0.268. The van der Waals surface area contributed by atoms with Crippen molar-refractivity contribution in [2.24, 2.45) is 0 Å². The molecule has 21 heavy (non-hydrogen) atoms. The van der Waals surface area contributed by atoms with Gasteiger partial charge in [-0.2, -0.15) is 0 Å². The van der Waals surface area contributed by atoms with Crippen molar-refractivity contribution in [3.8, 4) is 5.75 Å². The summed E-state index contributed by atoms with van der Waals surface area (Å²) in [7, 11) is 0. The molecule has 0 fully saturated rings. The molecule has 3 N–H and O–H groups in total. The topological polar surface area (TPSA) is 52.5 Å². The fourth-order valence-corrected chi connectivity index (χ4v) is 2.53. The highest BCUT2D eigenvalue weighted by Crippen LogP contribution is 2.28. The van der Waals surface area contributed by atoms with Gasteiger partial charge in [0.1, 0.15) is 5.75 Å². The lowest BCUT2D eigenvalue weighted by molar-refractivity contribution is 0.231. The van der Waals surface area contributed by atoms with E-state index in [0.717, 1.165) is 17.5 Å². The SMILES string of the molecule is CC[C@@H](N[C@@H](CO)c1ccc(Cl)cc1)c1ccccc1O. The van der Waals surface area contributed by atoms with Gasteiger partial charge in [-0.15, -0.1) is 0 Å². The minimum absolute atomic E-state index is 0.0221. The summed E-state index contributed by atoms with van der Waals surface area (Å²) in [6.45, 7) is 2.02. The van der Waals surface area contributed by atoms with Gasteiger partial charge in [0.25, 0.3) is 0 Å². The summed E-state index contributed by atoms with van der Waals surface area (Å²) in [5, 5.41) is 23.7. The second-order valence-electron chi connectivity index (χ2n) is 4.97. The smallest absolute Gasteiger partial charge is 0.120 e. The zero-order valence-corrected chi connectivity index (χ0v) is 12.7. The molecule has 0 radical (unpaired) electrons. The van der Waals surface area contributed by atoms with Crippen molar-refractivity contribution in [2.45, 2.75) is 25.4 Å². The summed E-state index contributed by atoms with van der Waals surface area (Å²) in [6.07, 6.45) is 0.807. The number of phenols is 1. The predicted molar refractivity (Wildman–Crippen MR) is 85.6 cm³/mol. The maximum Gasteiger partial charge on any atom is 0.120 e. The van der Waals surface area contributed by atoms with Crippen LogP contribution in [0.3, 0.4) is 0 Å². The van der Waals surface area contributed by atoms with Crippen LogP contribution in [-0.2, 0) is 0 Å². The number of halogens is 1. The van der Waals surface area contributed by atoms with Gasteiger partial charge in [0.15, 0.2) is 0 Å². The van der Waals surface area contributed by atoms with Gasteiger partial charge < -0.3 is 15.5 Å². The van der Waals surface area contributed by atoms with Crippen molar-refractivity contribution < 1.29 is 10.2 Å². The molecule has 0 saturated heterocycles. The van der Waals surface area contributed by atoms with Crippen LogP contribution in [-0.4, -0.2) is 16.8 Å². The molecule has 2 atom stereocenters. The predicted octanol–water partition coefficient (Wildman–Crippen LogP) is 3.82. The zero-order chi connectivity index (χ0) is 15.2. The van der Waals surface area contributed by atoms with Gasteiger partial charge in [-0.1, -0.05) is 48.9 Å². The third-order valence-electron chi connectivity index (χ3n) is 3.58. The highest BCUT2D eigenvalue weighted by Gasteiger charge is 2.18. The fourth-order valence-electron chi connectivity index (χ4n) is 2.40. The third kappa shape index (κ3) is 3.97. The third-order valence-corrected chi connectivity index (χ3v) is 3.83. The van der Waals surface area contributed by atoms with Crippen LogP contribution in [0.5, 0.6) is 5.75 Å². The molecule has 0 saturated carbocycles. The Balaban J connectivity index is 2.19. The van der Waals surface area contributed by atoms with Crippen molar-refractivity contribution >= 4 is 11.6 Å². The summed E-state index contributed by atoms with van der Waals surface area (Å²) in [4.78, 5) is 0. The molecule has 0 unspecified atom stereocenters. The lowest BCUT2D eigenvalue weighted by Gasteiger charge is -2.25. The number of para-hydroxylation sites is 1. The molecular weight excluding hydrogens is 286 g/mol. The van der Waals surface area contributed by atoms with Crippen LogP contribution in [0.1, 0.15) is 36.6 Å². The van der Waals surface area contributed by atoms with Crippen molar-refractivity contribution in [2.75, 3.05) is 6.61 Å².